The Morgan fingerprint density at radius 3 is 2.32 bits per heavy atom. The van der Waals surface area contributed by atoms with Crippen LogP contribution in [0.25, 0.3) is 0 Å². The molecule has 1 aliphatic carbocycles. The monoisotopic (exact) mass is 310 g/mol. The molecule has 1 atom stereocenters. The molecule has 0 bridgehead atoms. The summed E-state index contributed by atoms with van der Waals surface area (Å²) in [7, 11) is -1.75. The van der Waals surface area contributed by atoms with Crippen molar-refractivity contribution in [3.05, 3.63) is 71.3 Å². The Bertz CT molecular complexity index is 688. The van der Waals surface area contributed by atoms with Gasteiger partial charge in [0.05, 0.1) is 5.60 Å². The minimum absolute atomic E-state index is 0.161. The standard InChI is InChI=1S/C19H22O2Si/c1-22(2,3)21-19(13-16-11-7-8-12-17(16)19)14-18(20)15-9-5-4-6-10-15/h4-12H,13-14H2,1-3H3/t19-/m0/s1. The van der Waals surface area contributed by atoms with Crippen LogP contribution in [0.15, 0.2) is 54.6 Å². The summed E-state index contributed by atoms with van der Waals surface area (Å²) in [6.07, 6.45) is 1.27. The number of Topliss-reactive ketones (excluding diaryl/α,β-unsaturated/α-hetero) is 1. The average Bonchev–Trinajstić information content (AvgIpc) is 2.45. The Morgan fingerprint density at radius 2 is 1.68 bits per heavy atom. The van der Waals surface area contributed by atoms with Gasteiger partial charge in [0.1, 0.15) is 0 Å². The second-order valence-corrected chi connectivity index (χ2v) is 11.4. The van der Waals surface area contributed by atoms with Crippen molar-refractivity contribution in [3.63, 3.8) is 0 Å². The van der Waals surface area contributed by atoms with Gasteiger partial charge < -0.3 is 4.43 Å². The molecule has 3 heteroatoms. The number of carbonyl (C=O) groups is 1. The highest BCUT2D eigenvalue weighted by Crippen LogP contribution is 2.47. The molecule has 0 amide bonds. The van der Waals surface area contributed by atoms with Gasteiger partial charge in [-0.05, 0) is 30.8 Å². The topological polar surface area (TPSA) is 26.3 Å². The van der Waals surface area contributed by atoms with Crippen LogP contribution in [-0.4, -0.2) is 14.1 Å². The van der Waals surface area contributed by atoms with Crippen LogP contribution >= 0.6 is 0 Å². The van der Waals surface area contributed by atoms with Crippen molar-refractivity contribution in [2.75, 3.05) is 0 Å². The average molecular weight is 310 g/mol. The second kappa shape index (κ2) is 5.49. The van der Waals surface area contributed by atoms with Crippen molar-refractivity contribution in [2.24, 2.45) is 0 Å². The van der Waals surface area contributed by atoms with Crippen molar-refractivity contribution in [1.29, 1.82) is 0 Å². The molecule has 0 heterocycles. The van der Waals surface area contributed by atoms with Gasteiger partial charge in [-0.25, -0.2) is 0 Å². The number of hydrogen-bond acceptors (Lipinski definition) is 2. The minimum atomic E-state index is -1.75. The molecule has 0 unspecified atom stereocenters. The molecule has 0 radical (unpaired) electrons. The number of benzene rings is 2. The van der Waals surface area contributed by atoms with Crippen molar-refractivity contribution >= 4 is 14.1 Å². The van der Waals surface area contributed by atoms with Gasteiger partial charge in [0.15, 0.2) is 14.1 Å². The lowest BCUT2D eigenvalue weighted by atomic mass is 9.70. The predicted molar refractivity (Wildman–Crippen MR) is 91.6 cm³/mol. The van der Waals surface area contributed by atoms with Crippen LogP contribution in [0.4, 0.5) is 0 Å². The van der Waals surface area contributed by atoms with E-state index in [9.17, 15) is 4.79 Å². The van der Waals surface area contributed by atoms with Crippen LogP contribution in [-0.2, 0) is 16.4 Å². The first-order valence-electron chi connectivity index (χ1n) is 7.76. The normalized spacial score (nSPS) is 20.1. The first kappa shape index (κ1) is 15.2. The van der Waals surface area contributed by atoms with Crippen LogP contribution < -0.4 is 0 Å². The molecule has 114 valence electrons. The highest BCUT2D eigenvalue weighted by atomic mass is 28.4. The molecule has 3 rings (SSSR count). The lowest BCUT2D eigenvalue weighted by molar-refractivity contribution is 0.0246. The first-order valence-corrected chi connectivity index (χ1v) is 11.2. The molecule has 0 N–H and O–H groups in total. The summed E-state index contributed by atoms with van der Waals surface area (Å²) in [6.45, 7) is 6.55. The van der Waals surface area contributed by atoms with Crippen LogP contribution in [0.3, 0.4) is 0 Å². The SMILES string of the molecule is C[Si](C)(C)O[C@]1(CC(=O)c2ccccc2)Cc2ccccc21. The summed E-state index contributed by atoms with van der Waals surface area (Å²) in [4.78, 5) is 12.7. The fourth-order valence-corrected chi connectivity index (χ4v) is 4.70. The lowest BCUT2D eigenvalue weighted by Gasteiger charge is -2.47. The highest BCUT2D eigenvalue weighted by Gasteiger charge is 2.47. The first-order chi connectivity index (χ1) is 10.4. The van der Waals surface area contributed by atoms with E-state index in [1.807, 2.05) is 36.4 Å². The predicted octanol–water partition coefficient (Wildman–Crippen LogP) is 4.56. The highest BCUT2D eigenvalue weighted by molar-refractivity contribution is 6.69. The van der Waals surface area contributed by atoms with E-state index in [1.54, 1.807) is 0 Å². The lowest BCUT2D eigenvalue weighted by Crippen LogP contribution is -2.49. The molecule has 0 fully saturated rings. The Morgan fingerprint density at radius 1 is 1.05 bits per heavy atom. The molecule has 2 aromatic rings. The minimum Gasteiger partial charge on any atom is -0.407 e. The van der Waals surface area contributed by atoms with Crippen LogP contribution in [0.1, 0.15) is 27.9 Å². The molecular formula is C19H22O2Si. The van der Waals surface area contributed by atoms with E-state index < -0.39 is 13.9 Å². The Kier molecular flexibility index (Phi) is 3.79. The maximum absolute atomic E-state index is 12.7. The molecule has 0 saturated heterocycles. The van der Waals surface area contributed by atoms with E-state index in [4.69, 9.17) is 4.43 Å². The van der Waals surface area contributed by atoms with E-state index in [-0.39, 0.29) is 5.78 Å². The molecular weight excluding hydrogens is 288 g/mol. The summed E-state index contributed by atoms with van der Waals surface area (Å²) < 4.78 is 6.50. The fourth-order valence-electron chi connectivity index (χ4n) is 3.27. The van der Waals surface area contributed by atoms with E-state index in [2.05, 4.69) is 37.8 Å². The van der Waals surface area contributed by atoms with Gasteiger partial charge in [-0.15, -0.1) is 0 Å². The third-order valence-corrected chi connectivity index (χ3v) is 5.03. The molecule has 2 aromatic carbocycles. The molecule has 0 aromatic heterocycles. The zero-order chi connectivity index (χ0) is 15.8. The van der Waals surface area contributed by atoms with Crippen molar-refractivity contribution in [3.8, 4) is 0 Å². The number of rotatable bonds is 5. The van der Waals surface area contributed by atoms with Crippen molar-refractivity contribution in [2.45, 2.75) is 38.1 Å². The largest absolute Gasteiger partial charge is 0.407 e. The molecule has 0 spiro atoms. The molecule has 1 aliphatic rings. The van der Waals surface area contributed by atoms with E-state index in [1.165, 1.54) is 11.1 Å². The smallest absolute Gasteiger partial charge is 0.185 e. The number of ketones is 1. The zero-order valence-corrected chi connectivity index (χ0v) is 14.4. The van der Waals surface area contributed by atoms with E-state index in [0.29, 0.717) is 6.42 Å². The van der Waals surface area contributed by atoms with Crippen molar-refractivity contribution in [1.82, 2.24) is 0 Å². The summed E-state index contributed by atoms with van der Waals surface area (Å²) in [5.41, 5.74) is 2.85. The third kappa shape index (κ3) is 2.92. The van der Waals surface area contributed by atoms with Crippen LogP contribution in [0, 0.1) is 0 Å². The number of hydrogen-bond donors (Lipinski definition) is 0. The molecule has 2 nitrogen and oxygen atoms in total. The Labute approximate surface area is 133 Å². The summed E-state index contributed by atoms with van der Waals surface area (Å²) >= 11 is 0. The third-order valence-electron chi connectivity index (χ3n) is 4.03. The number of fused-ring (bicyclic) bond motifs is 1. The Hall–Kier alpha value is -1.71. The van der Waals surface area contributed by atoms with Gasteiger partial charge in [0.2, 0.25) is 0 Å². The van der Waals surface area contributed by atoms with Gasteiger partial charge in [0, 0.05) is 18.4 Å². The van der Waals surface area contributed by atoms with Gasteiger partial charge in [-0.1, -0.05) is 54.6 Å². The zero-order valence-electron chi connectivity index (χ0n) is 13.4. The molecule has 0 saturated carbocycles. The molecule has 22 heavy (non-hydrogen) atoms. The van der Waals surface area contributed by atoms with E-state index in [0.717, 1.165) is 12.0 Å². The maximum atomic E-state index is 12.7. The summed E-state index contributed by atoms with van der Waals surface area (Å²) in [5.74, 6) is 0.161. The Balaban J connectivity index is 1.90. The van der Waals surface area contributed by atoms with Gasteiger partial charge in [-0.2, -0.15) is 0 Å². The van der Waals surface area contributed by atoms with Gasteiger partial charge in [0.25, 0.3) is 0 Å². The van der Waals surface area contributed by atoms with Gasteiger partial charge >= 0.3 is 0 Å². The fraction of sp³-hybridized carbons (Fsp3) is 0.316. The summed E-state index contributed by atoms with van der Waals surface area (Å²) in [5, 5.41) is 0. The van der Waals surface area contributed by atoms with Crippen molar-refractivity contribution < 1.29 is 9.22 Å². The second-order valence-electron chi connectivity index (χ2n) is 7.01. The van der Waals surface area contributed by atoms with Crippen LogP contribution in [0.2, 0.25) is 19.6 Å². The quantitative estimate of drug-likeness (QED) is 0.597. The summed E-state index contributed by atoms with van der Waals surface area (Å²) in [6, 6.07) is 17.9. The molecule has 0 aliphatic heterocycles. The number of carbonyl (C=O) groups excluding carboxylic acids is 1. The van der Waals surface area contributed by atoms with Gasteiger partial charge in [-0.3, -0.25) is 4.79 Å². The van der Waals surface area contributed by atoms with Crippen LogP contribution in [0.5, 0.6) is 0 Å². The van der Waals surface area contributed by atoms with E-state index >= 15 is 0 Å². The maximum Gasteiger partial charge on any atom is 0.185 e.